The Morgan fingerprint density at radius 1 is 1.29 bits per heavy atom. The van der Waals surface area contributed by atoms with Crippen LogP contribution in [0.2, 0.25) is 0 Å². The fourth-order valence-corrected chi connectivity index (χ4v) is 2.96. The molecule has 1 aliphatic heterocycles. The number of ether oxygens (including phenoxy) is 1. The third-order valence-corrected chi connectivity index (χ3v) is 4.02. The first-order valence-electron chi connectivity index (χ1n) is 8.16. The summed E-state index contributed by atoms with van der Waals surface area (Å²) in [6, 6.07) is 0. The van der Waals surface area contributed by atoms with Crippen molar-refractivity contribution in [3.63, 3.8) is 0 Å². The van der Waals surface area contributed by atoms with Crippen LogP contribution in [0, 0.1) is 12.8 Å². The average molecular weight is 292 g/mol. The van der Waals surface area contributed by atoms with Crippen molar-refractivity contribution in [3.8, 4) is 5.88 Å². The van der Waals surface area contributed by atoms with Crippen molar-refractivity contribution in [3.05, 3.63) is 11.9 Å². The molecule has 0 amide bonds. The summed E-state index contributed by atoms with van der Waals surface area (Å²) in [6.45, 7) is 11.3. The van der Waals surface area contributed by atoms with Crippen LogP contribution in [-0.2, 0) is 0 Å². The Bertz CT molecular complexity index is 432. The van der Waals surface area contributed by atoms with Crippen molar-refractivity contribution in [1.82, 2.24) is 15.3 Å². The van der Waals surface area contributed by atoms with E-state index in [4.69, 9.17) is 4.74 Å². The van der Waals surface area contributed by atoms with E-state index in [0.717, 1.165) is 49.9 Å². The Morgan fingerprint density at radius 3 is 2.71 bits per heavy atom. The molecule has 5 heteroatoms. The number of nitrogens with one attached hydrogen (secondary N) is 1. The van der Waals surface area contributed by atoms with Crippen molar-refractivity contribution < 1.29 is 4.74 Å². The number of anilines is 1. The molecule has 0 unspecified atom stereocenters. The molecule has 1 aromatic rings. The Balaban J connectivity index is 2.14. The van der Waals surface area contributed by atoms with E-state index in [-0.39, 0.29) is 0 Å². The lowest BCUT2D eigenvalue weighted by Crippen LogP contribution is -2.37. The lowest BCUT2D eigenvalue weighted by molar-refractivity contribution is 0.323. The van der Waals surface area contributed by atoms with Gasteiger partial charge < -0.3 is 15.0 Å². The molecule has 2 heterocycles. The highest BCUT2D eigenvalue weighted by Crippen LogP contribution is 2.26. The first kappa shape index (κ1) is 16.0. The number of aromatic nitrogens is 2. The fraction of sp³-hybridized carbons (Fsp3) is 0.750. The molecule has 0 atom stereocenters. The normalized spacial score (nSPS) is 16.0. The minimum absolute atomic E-state index is 0.638. The summed E-state index contributed by atoms with van der Waals surface area (Å²) in [6.07, 6.45) is 5.25. The molecule has 1 aromatic heterocycles. The first-order valence-corrected chi connectivity index (χ1v) is 8.16. The summed E-state index contributed by atoms with van der Waals surface area (Å²) in [5.74, 6) is 2.51. The Morgan fingerprint density at radius 2 is 2.05 bits per heavy atom. The predicted octanol–water partition coefficient (Wildman–Crippen LogP) is 2.40. The SMILES string of the molecule is CCCN(CC1CCNCC1)c1ncnc(OCC)c1C. The molecule has 0 aliphatic carbocycles. The molecule has 0 saturated carbocycles. The monoisotopic (exact) mass is 292 g/mol. The smallest absolute Gasteiger partial charge is 0.221 e. The van der Waals surface area contributed by atoms with Crippen LogP contribution in [-0.4, -0.2) is 42.8 Å². The van der Waals surface area contributed by atoms with E-state index in [1.807, 2.05) is 6.92 Å². The van der Waals surface area contributed by atoms with E-state index in [0.29, 0.717) is 12.5 Å². The lowest BCUT2D eigenvalue weighted by Gasteiger charge is -2.31. The number of rotatable bonds is 7. The Hall–Kier alpha value is -1.36. The summed E-state index contributed by atoms with van der Waals surface area (Å²) < 4.78 is 5.61. The first-order chi connectivity index (χ1) is 10.3. The van der Waals surface area contributed by atoms with E-state index in [1.54, 1.807) is 6.33 Å². The van der Waals surface area contributed by atoms with Crippen molar-refractivity contribution >= 4 is 5.82 Å². The molecule has 118 valence electrons. The van der Waals surface area contributed by atoms with Gasteiger partial charge in [0.1, 0.15) is 12.1 Å². The van der Waals surface area contributed by atoms with Crippen LogP contribution in [0.3, 0.4) is 0 Å². The quantitative estimate of drug-likeness (QED) is 0.836. The lowest BCUT2D eigenvalue weighted by atomic mass is 9.97. The minimum atomic E-state index is 0.638. The third kappa shape index (κ3) is 4.30. The Labute approximate surface area is 128 Å². The highest BCUT2D eigenvalue weighted by atomic mass is 16.5. The molecule has 1 aliphatic rings. The second-order valence-corrected chi connectivity index (χ2v) is 5.70. The third-order valence-electron chi connectivity index (χ3n) is 4.02. The van der Waals surface area contributed by atoms with Crippen LogP contribution in [0.15, 0.2) is 6.33 Å². The maximum atomic E-state index is 5.61. The standard InChI is InChI=1S/C16H28N4O/c1-4-10-20(11-14-6-8-17-9-7-14)15-13(3)16(21-5-2)19-12-18-15/h12,14,17H,4-11H2,1-3H3. The second-order valence-electron chi connectivity index (χ2n) is 5.70. The molecule has 0 radical (unpaired) electrons. The molecule has 1 fully saturated rings. The van der Waals surface area contributed by atoms with E-state index in [9.17, 15) is 0 Å². The van der Waals surface area contributed by atoms with Crippen molar-refractivity contribution in [2.75, 3.05) is 37.7 Å². The number of hydrogen-bond donors (Lipinski definition) is 1. The summed E-state index contributed by atoms with van der Waals surface area (Å²) >= 11 is 0. The second kappa shape index (κ2) is 8.17. The minimum Gasteiger partial charge on any atom is -0.478 e. The van der Waals surface area contributed by atoms with Gasteiger partial charge in [0.2, 0.25) is 5.88 Å². The Kier molecular flexibility index (Phi) is 6.23. The predicted molar refractivity (Wildman–Crippen MR) is 86.0 cm³/mol. The van der Waals surface area contributed by atoms with Gasteiger partial charge in [-0.25, -0.2) is 9.97 Å². The van der Waals surface area contributed by atoms with Crippen LogP contribution in [0.1, 0.15) is 38.7 Å². The maximum Gasteiger partial charge on any atom is 0.221 e. The molecule has 1 saturated heterocycles. The van der Waals surface area contributed by atoms with E-state index < -0.39 is 0 Å². The largest absolute Gasteiger partial charge is 0.478 e. The van der Waals surface area contributed by atoms with Crippen LogP contribution in [0.25, 0.3) is 0 Å². The van der Waals surface area contributed by atoms with Gasteiger partial charge in [0.15, 0.2) is 0 Å². The zero-order chi connectivity index (χ0) is 15.1. The van der Waals surface area contributed by atoms with Gasteiger partial charge >= 0.3 is 0 Å². The maximum absolute atomic E-state index is 5.61. The summed E-state index contributed by atoms with van der Waals surface area (Å²) in [7, 11) is 0. The summed E-state index contributed by atoms with van der Waals surface area (Å²) in [5, 5.41) is 3.43. The van der Waals surface area contributed by atoms with Gasteiger partial charge in [0.05, 0.1) is 12.2 Å². The molecule has 0 aromatic carbocycles. The molecule has 2 rings (SSSR count). The van der Waals surface area contributed by atoms with E-state index >= 15 is 0 Å². The topological polar surface area (TPSA) is 50.3 Å². The average Bonchev–Trinajstić information content (AvgIpc) is 2.50. The van der Waals surface area contributed by atoms with Gasteiger partial charge in [-0.05, 0) is 52.1 Å². The number of piperidine rings is 1. The molecular weight excluding hydrogens is 264 g/mol. The molecule has 0 spiro atoms. The van der Waals surface area contributed by atoms with Crippen LogP contribution < -0.4 is 15.0 Å². The number of nitrogens with zero attached hydrogens (tertiary/aromatic N) is 3. The highest BCUT2D eigenvalue weighted by Gasteiger charge is 2.20. The van der Waals surface area contributed by atoms with E-state index in [2.05, 4.69) is 34.0 Å². The fourth-order valence-electron chi connectivity index (χ4n) is 2.96. The van der Waals surface area contributed by atoms with Gasteiger partial charge in [-0.1, -0.05) is 6.92 Å². The summed E-state index contributed by atoms with van der Waals surface area (Å²) in [5.41, 5.74) is 1.06. The summed E-state index contributed by atoms with van der Waals surface area (Å²) in [4.78, 5) is 11.2. The zero-order valence-corrected chi connectivity index (χ0v) is 13.6. The zero-order valence-electron chi connectivity index (χ0n) is 13.6. The van der Waals surface area contributed by atoms with E-state index in [1.165, 1.54) is 12.8 Å². The van der Waals surface area contributed by atoms with Crippen molar-refractivity contribution in [2.45, 2.75) is 40.0 Å². The molecular formula is C16H28N4O. The molecule has 0 bridgehead atoms. The van der Waals surface area contributed by atoms with Crippen LogP contribution in [0.5, 0.6) is 5.88 Å². The van der Waals surface area contributed by atoms with Gasteiger partial charge in [0, 0.05) is 13.1 Å². The van der Waals surface area contributed by atoms with Crippen LogP contribution >= 0.6 is 0 Å². The molecule has 5 nitrogen and oxygen atoms in total. The van der Waals surface area contributed by atoms with Crippen LogP contribution in [0.4, 0.5) is 5.82 Å². The molecule has 21 heavy (non-hydrogen) atoms. The molecule has 1 N–H and O–H groups in total. The van der Waals surface area contributed by atoms with Gasteiger partial charge in [-0.3, -0.25) is 0 Å². The van der Waals surface area contributed by atoms with Crippen molar-refractivity contribution in [1.29, 1.82) is 0 Å². The van der Waals surface area contributed by atoms with Gasteiger partial charge in [0.25, 0.3) is 0 Å². The number of hydrogen-bond acceptors (Lipinski definition) is 5. The van der Waals surface area contributed by atoms with Gasteiger partial charge in [-0.2, -0.15) is 0 Å². The van der Waals surface area contributed by atoms with Crippen molar-refractivity contribution in [2.24, 2.45) is 5.92 Å². The highest BCUT2D eigenvalue weighted by molar-refractivity contribution is 5.50. The van der Waals surface area contributed by atoms with Gasteiger partial charge in [-0.15, -0.1) is 0 Å².